The smallest absolute Gasteiger partial charge is 0.244 e. The van der Waals surface area contributed by atoms with E-state index in [9.17, 15) is 4.79 Å². The van der Waals surface area contributed by atoms with Gasteiger partial charge in [-0.15, -0.1) is 0 Å². The molecule has 150 valence electrons. The van der Waals surface area contributed by atoms with E-state index < -0.39 is 5.54 Å². The zero-order chi connectivity index (χ0) is 20.7. The molecule has 0 spiro atoms. The van der Waals surface area contributed by atoms with Gasteiger partial charge in [-0.05, 0) is 57.2 Å². The van der Waals surface area contributed by atoms with E-state index in [-0.39, 0.29) is 24.5 Å². The Bertz CT molecular complexity index is 839. The van der Waals surface area contributed by atoms with Crippen molar-refractivity contribution in [3.05, 3.63) is 58.7 Å². The van der Waals surface area contributed by atoms with Crippen molar-refractivity contribution in [2.75, 3.05) is 6.61 Å². The Morgan fingerprint density at radius 3 is 2.54 bits per heavy atom. The fourth-order valence-corrected chi connectivity index (χ4v) is 2.49. The molecule has 0 radical (unpaired) electrons. The number of hydrogen-bond donors (Lipinski definition) is 2. The number of rotatable bonds is 8. The summed E-state index contributed by atoms with van der Waals surface area (Å²) in [5, 5.41) is 12.6. The minimum absolute atomic E-state index is 0.149. The number of benzene rings is 1. The van der Waals surface area contributed by atoms with Crippen molar-refractivity contribution in [3.8, 4) is 17.4 Å². The zero-order valence-electron chi connectivity index (χ0n) is 15.8. The quantitative estimate of drug-likeness (QED) is 0.614. The lowest BCUT2D eigenvalue weighted by Gasteiger charge is -2.22. The van der Waals surface area contributed by atoms with E-state index in [0.29, 0.717) is 21.5 Å². The lowest BCUT2D eigenvalue weighted by molar-refractivity contribution is -0.118. The summed E-state index contributed by atoms with van der Waals surface area (Å²) in [6, 6.07) is 8.45. The van der Waals surface area contributed by atoms with Gasteiger partial charge in [-0.2, -0.15) is 0 Å². The number of ether oxygens (including phenoxy) is 2. The Morgan fingerprint density at radius 2 is 1.93 bits per heavy atom. The summed E-state index contributed by atoms with van der Waals surface area (Å²) in [6.45, 7) is 5.12. The maximum absolute atomic E-state index is 11.8. The molecule has 0 bridgehead atoms. The number of nitrogens with zero attached hydrogens (tertiary/aromatic N) is 1. The molecule has 1 atom stereocenters. The van der Waals surface area contributed by atoms with Gasteiger partial charge in [0, 0.05) is 12.3 Å². The van der Waals surface area contributed by atoms with Gasteiger partial charge < -0.3 is 19.9 Å². The van der Waals surface area contributed by atoms with Crippen molar-refractivity contribution in [1.29, 1.82) is 0 Å². The largest absolute Gasteiger partial charge is 0.487 e. The summed E-state index contributed by atoms with van der Waals surface area (Å²) in [7, 11) is 0. The van der Waals surface area contributed by atoms with Crippen molar-refractivity contribution < 1.29 is 19.4 Å². The normalized spacial score (nSPS) is 12.6. The lowest BCUT2D eigenvalue weighted by Crippen LogP contribution is -2.45. The van der Waals surface area contributed by atoms with E-state index in [4.69, 9.17) is 37.8 Å². The van der Waals surface area contributed by atoms with Crippen molar-refractivity contribution in [2.45, 2.75) is 32.4 Å². The number of amides is 1. The Hall–Kier alpha value is -2.28. The van der Waals surface area contributed by atoms with E-state index in [1.807, 2.05) is 6.92 Å². The molecule has 0 aliphatic heterocycles. The van der Waals surface area contributed by atoms with Crippen LogP contribution in [0.1, 0.15) is 20.8 Å². The molecule has 2 rings (SSSR count). The van der Waals surface area contributed by atoms with Crippen LogP contribution in [0.15, 0.2) is 48.7 Å². The molecule has 1 unspecified atom stereocenters. The predicted molar refractivity (Wildman–Crippen MR) is 109 cm³/mol. The molecule has 28 heavy (non-hydrogen) atoms. The fourth-order valence-electron chi connectivity index (χ4n) is 2.07. The summed E-state index contributed by atoms with van der Waals surface area (Å²) in [6.07, 6.45) is 4.13. The summed E-state index contributed by atoms with van der Waals surface area (Å²) in [5.74, 6) is 1.10. The van der Waals surface area contributed by atoms with Crippen molar-refractivity contribution in [3.63, 3.8) is 0 Å². The molecular weight excluding hydrogens is 403 g/mol. The number of hydrogen-bond acceptors (Lipinski definition) is 5. The van der Waals surface area contributed by atoms with Crippen LogP contribution in [0, 0.1) is 0 Å². The summed E-state index contributed by atoms with van der Waals surface area (Å²) in [5.41, 5.74) is -0.677. The molecule has 1 aromatic carbocycles. The highest BCUT2D eigenvalue weighted by Crippen LogP contribution is 2.30. The van der Waals surface area contributed by atoms with E-state index in [1.54, 1.807) is 50.3 Å². The summed E-state index contributed by atoms with van der Waals surface area (Å²) in [4.78, 5) is 15.9. The fraction of sp³-hybridized carbons (Fsp3) is 0.300. The number of carbonyl (C=O) groups is 1. The van der Waals surface area contributed by atoms with Crippen LogP contribution in [0.3, 0.4) is 0 Å². The Morgan fingerprint density at radius 1 is 1.29 bits per heavy atom. The van der Waals surface area contributed by atoms with Crippen LogP contribution in [-0.4, -0.2) is 34.2 Å². The molecule has 0 fully saturated rings. The zero-order valence-corrected chi connectivity index (χ0v) is 17.3. The SMILES string of the molecule is CC(C=CC(=O)NC(C)(C)CO)Oc1ccc(Oc2ncc(Cl)cc2Cl)cc1. The molecule has 6 nitrogen and oxygen atoms in total. The van der Waals surface area contributed by atoms with Crippen molar-refractivity contribution >= 4 is 29.1 Å². The first-order chi connectivity index (χ1) is 13.2. The van der Waals surface area contributed by atoms with E-state index in [2.05, 4.69) is 10.3 Å². The van der Waals surface area contributed by atoms with Crippen molar-refractivity contribution in [1.82, 2.24) is 10.3 Å². The molecule has 1 aromatic heterocycles. The van der Waals surface area contributed by atoms with Crippen LogP contribution in [0.2, 0.25) is 10.0 Å². The predicted octanol–water partition coefficient (Wildman–Crippen LogP) is 4.39. The number of aliphatic hydroxyl groups is 1. The standard InChI is InChI=1S/C20H22Cl2N2O4/c1-13(4-9-18(26)24-20(2,3)12-25)27-15-5-7-16(8-6-15)28-19-17(22)10-14(21)11-23-19/h4-11,13,25H,12H2,1-3H3,(H,24,26). The Balaban J connectivity index is 1.91. The molecule has 2 N–H and O–H groups in total. The van der Waals surface area contributed by atoms with Gasteiger partial charge in [0.15, 0.2) is 0 Å². The molecule has 0 saturated carbocycles. The molecule has 1 heterocycles. The number of pyridine rings is 1. The van der Waals surface area contributed by atoms with Gasteiger partial charge in [-0.25, -0.2) is 4.98 Å². The number of aliphatic hydroxyl groups excluding tert-OH is 1. The van der Waals surface area contributed by atoms with E-state index in [0.717, 1.165) is 0 Å². The van der Waals surface area contributed by atoms with Crippen LogP contribution < -0.4 is 14.8 Å². The average molecular weight is 425 g/mol. The molecule has 0 saturated heterocycles. The highest BCUT2D eigenvalue weighted by atomic mass is 35.5. The molecular formula is C20H22Cl2N2O4. The lowest BCUT2D eigenvalue weighted by atomic mass is 10.1. The van der Waals surface area contributed by atoms with Gasteiger partial charge in [0.05, 0.1) is 17.2 Å². The van der Waals surface area contributed by atoms with Crippen LogP contribution in [0.5, 0.6) is 17.4 Å². The van der Waals surface area contributed by atoms with Crippen LogP contribution in [0.4, 0.5) is 0 Å². The molecule has 8 heteroatoms. The second-order valence-electron chi connectivity index (χ2n) is 6.73. The number of aromatic nitrogens is 1. The second-order valence-corrected chi connectivity index (χ2v) is 7.57. The average Bonchev–Trinajstić information content (AvgIpc) is 2.63. The first-order valence-electron chi connectivity index (χ1n) is 8.55. The van der Waals surface area contributed by atoms with Crippen LogP contribution >= 0.6 is 23.2 Å². The first-order valence-corrected chi connectivity index (χ1v) is 9.31. The van der Waals surface area contributed by atoms with Gasteiger partial charge >= 0.3 is 0 Å². The minimum Gasteiger partial charge on any atom is -0.487 e. The Kier molecular flexibility index (Phi) is 7.69. The highest BCUT2D eigenvalue weighted by Gasteiger charge is 2.17. The topological polar surface area (TPSA) is 80.7 Å². The third-order valence-corrected chi connectivity index (χ3v) is 3.99. The third kappa shape index (κ3) is 7.03. The van der Waals surface area contributed by atoms with E-state index >= 15 is 0 Å². The number of carbonyl (C=O) groups excluding carboxylic acids is 1. The van der Waals surface area contributed by atoms with Gasteiger partial charge in [0.2, 0.25) is 11.8 Å². The maximum atomic E-state index is 11.8. The monoisotopic (exact) mass is 424 g/mol. The summed E-state index contributed by atoms with van der Waals surface area (Å²) < 4.78 is 11.4. The minimum atomic E-state index is -0.677. The van der Waals surface area contributed by atoms with E-state index in [1.165, 1.54) is 12.3 Å². The number of nitrogens with one attached hydrogen (secondary N) is 1. The highest BCUT2D eigenvalue weighted by molar-refractivity contribution is 6.35. The maximum Gasteiger partial charge on any atom is 0.244 e. The van der Waals surface area contributed by atoms with Crippen LogP contribution in [-0.2, 0) is 4.79 Å². The first kappa shape index (κ1) is 22.0. The van der Waals surface area contributed by atoms with Gasteiger partial charge in [0.1, 0.15) is 22.6 Å². The third-order valence-electron chi connectivity index (χ3n) is 3.51. The molecule has 0 aliphatic carbocycles. The Labute approximate surface area is 174 Å². The van der Waals surface area contributed by atoms with Gasteiger partial charge in [-0.1, -0.05) is 23.2 Å². The molecule has 0 aliphatic rings. The molecule has 1 amide bonds. The van der Waals surface area contributed by atoms with Crippen molar-refractivity contribution in [2.24, 2.45) is 0 Å². The van der Waals surface area contributed by atoms with Gasteiger partial charge in [0.25, 0.3) is 0 Å². The molecule has 2 aromatic rings. The van der Waals surface area contributed by atoms with Gasteiger partial charge in [-0.3, -0.25) is 4.79 Å². The van der Waals surface area contributed by atoms with Crippen LogP contribution in [0.25, 0.3) is 0 Å². The summed E-state index contributed by atoms with van der Waals surface area (Å²) >= 11 is 11.9. The second kappa shape index (κ2) is 9.78. The number of halogens is 2.